The maximum Gasteiger partial charge on any atom is 0.245 e. The number of amides is 2. The molecule has 0 heterocycles. The molecule has 29 heavy (non-hydrogen) atoms. The highest BCUT2D eigenvalue weighted by Gasteiger charge is 2.39. The number of nitrogens with one attached hydrogen (secondary N) is 3. The van der Waals surface area contributed by atoms with Crippen molar-refractivity contribution in [3.05, 3.63) is 59.9 Å². The van der Waals surface area contributed by atoms with E-state index in [1.807, 2.05) is 31.2 Å². The van der Waals surface area contributed by atoms with E-state index in [2.05, 4.69) is 16.0 Å². The van der Waals surface area contributed by atoms with Crippen LogP contribution in [0.3, 0.4) is 0 Å². The van der Waals surface area contributed by atoms with Crippen LogP contribution in [0.25, 0.3) is 0 Å². The van der Waals surface area contributed by atoms with Crippen molar-refractivity contribution in [1.82, 2.24) is 5.32 Å². The number of benzene rings is 2. The minimum absolute atomic E-state index is 0.0626. The molecule has 5 nitrogen and oxygen atoms in total. The van der Waals surface area contributed by atoms with E-state index in [1.54, 1.807) is 0 Å². The number of rotatable bonds is 7. The molecular formula is C23H28FN3O2. The first-order valence-corrected chi connectivity index (χ1v) is 10.2. The molecule has 0 spiro atoms. The number of halogens is 1. The molecule has 0 aliphatic heterocycles. The summed E-state index contributed by atoms with van der Waals surface area (Å²) in [4.78, 5) is 25.1. The SMILES string of the molecule is Cc1ccc(NC2(C(=O)NCCC(=O)Nc3ccc(F)cc3)CCCCC2)cc1. The normalized spacial score (nSPS) is 15.4. The molecule has 3 N–H and O–H groups in total. The Morgan fingerprint density at radius 1 is 0.931 bits per heavy atom. The van der Waals surface area contributed by atoms with Gasteiger partial charge in [-0.1, -0.05) is 37.0 Å². The Labute approximate surface area is 171 Å². The second-order valence-corrected chi connectivity index (χ2v) is 7.69. The molecule has 0 aromatic heterocycles. The van der Waals surface area contributed by atoms with Crippen LogP contribution in [0.1, 0.15) is 44.1 Å². The van der Waals surface area contributed by atoms with E-state index < -0.39 is 5.54 Å². The van der Waals surface area contributed by atoms with Crippen molar-refractivity contribution < 1.29 is 14.0 Å². The third-order valence-electron chi connectivity index (χ3n) is 5.34. The quantitative estimate of drug-likeness (QED) is 0.649. The molecule has 0 bridgehead atoms. The van der Waals surface area contributed by atoms with Gasteiger partial charge >= 0.3 is 0 Å². The van der Waals surface area contributed by atoms with E-state index in [1.165, 1.54) is 29.8 Å². The topological polar surface area (TPSA) is 70.2 Å². The van der Waals surface area contributed by atoms with Gasteiger partial charge in [-0.2, -0.15) is 0 Å². The van der Waals surface area contributed by atoms with E-state index in [-0.39, 0.29) is 30.6 Å². The average Bonchev–Trinajstić information content (AvgIpc) is 2.72. The van der Waals surface area contributed by atoms with Crippen molar-refractivity contribution in [2.45, 2.75) is 51.0 Å². The number of aryl methyl sites for hydroxylation is 1. The summed E-state index contributed by atoms with van der Waals surface area (Å²) in [6.45, 7) is 2.28. The molecule has 3 rings (SSSR count). The zero-order valence-corrected chi connectivity index (χ0v) is 16.8. The Kier molecular flexibility index (Phi) is 6.86. The molecule has 154 valence electrons. The summed E-state index contributed by atoms with van der Waals surface area (Å²) in [7, 11) is 0. The average molecular weight is 397 g/mol. The van der Waals surface area contributed by atoms with Gasteiger partial charge in [0.1, 0.15) is 11.4 Å². The zero-order valence-electron chi connectivity index (χ0n) is 16.8. The highest BCUT2D eigenvalue weighted by Crippen LogP contribution is 2.32. The van der Waals surface area contributed by atoms with Crippen LogP contribution in [0.4, 0.5) is 15.8 Å². The van der Waals surface area contributed by atoms with E-state index in [0.717, 1.165) is 37.8 Å². The Hall–Kier alpha value is -2.89. The van der Waals surface area contributed by atoms with E-state index in [0.29, 0.717) is 5.69 Å². The van der Waals surface area contributed by atoms with Crippen molar-refractivity contribution in [2.75, 3.05) is 17.2 Å². The lowest BCUT2D eigenvalue weighted by molar-refractivity contribution is -0.126. The molecule has 1 fully saturated rings. The van der Waals surface area contributed by atoms with Crippen LogP contribution in [-0.4, -0.2) is 23.9 Å². The predicted molar refractivity (Wildman–Crippen MR) is 113 cm³/mol. The van der Waals surface area contributed by atoms with Gasteiger partial charge in [0.05, 0.1) is 0 Å². The molecule has 2 aromatic rings. The minimum Gasteiger partial charge on any atom is -0.371 e. The molecule has 2 amide bonds. The molecule has 0 saturated heterocycles. The lowest BCUT2D eigenvalue weighted by Crippen LogP contribution is -2.54. The Morgan fingerprint density at radius 3 is 2.21 bits per heavy atom. The first-order valence-electron chi connectivity index (χ1n) is 10.2. The molecule has 0 radical (unpaired) electrons. The zero-order chi connectivity index (χ0) is 20.7. The van der Waals surface area contributed by atoms with Gasteiger partial charge in [-0.25, -0.2) is 4.39 Å². The Bertz CT molecular complexity index is 828. The molecular weight excluding hydrogens is 369 g/mol. The maximum absolute atomic E-state index is 13.0. The smallest absolute Gasteiger partial charge is 0.245 e. The van der Waals surface area contributed by atoms with E-state index in [4.69, 9.17) is 0 Å². The summed E-state index contributed by atoms with van der Waals surface area (Å²) in [6, 6.07) is 13.6. The van der Waals surface area contributed by atoms with Gasteiger partial charge in [0.25, 0.3) is 0 Å². The molecule has 0 atom stereocenters. The number of hydrogen-bond donors (Lipinski definition) is 3. The fourth-order valence-corrected chi connectivity index (χ4v) is 3.69. The summed E-state index contributed by atoms with van der Waals surface area (Å²) in [5, 5.41) is 9.09. The second kappa shape index (κ2) is 9.54. The first kappa shape index (κ1) is 20.8. The van der Waals surface area contributed by atoms with Gasteiger partial charge < -0.3 is 16.0 Å². The summed E-state index contributed by atoms with van der Waals surface area (Å²) in [5.41, 5.74) is 2.00. The largest absolute Gasteiger partial charge is 0.371 e. The highest BCUT2D eigenvalue weighted by molar-refractivity contribution is 5.92. The number of hydrogen-bond acceptors (Lipinski definition) is 3. The fraction of sp³-hybridized carbons (Fsp3) is 0.391. The van der Waals surface area contributed by atoms with Crippen molar-refractivity contribution in [3.8, 4) is 0 Å². The van der Waals surface area contributed by atoms with Crippen LogP contribution in [0, 0.1) is 12.7 Å². The molecule has 2 aromatic carbocycles. The summed E-state index contributed by atoms with van der Waals surface area (Å²) < 4.78 is 12.9. The molecule has 6 heteroatoms. The van der Waals surface area contributed by atoms with Crippen LogP contribution >= 0.6 is 0 Å². The van der Waals surface area contributed by atoms with E-state index >= 15 is 0 Å². The molecule has 1 aliphatic carbocycles. The number of anilines is 2. The number of carbonyl (C=O) groups excluding carboxylic acids is 2. The Balaban J connectivity index is 1.55. The van der Waals surface area contributed by atoms with Gasteiger partial charge in [0, 0.05) is 24.3 Å². The second-order valence-electron chi connectivity index (χ2n) is 7.69. The first-order chi connectivity index (χ1) is 14.0. The summed E-state index contributed by atoms with van der Waals surface area (Å²) in [6.07, 6.45) is 4.83. The monoisotopic (exact) mass is 397 g/mol. The summed E-state index contributed by atoms with van der Waals surface area (Å²) in [5.74, 6) is -0.637. The molecule has 0 unspecified atom stereocenters. The van der Waals surface area contributed by atoms with Crippen LogP contribution in [0.2, 0.25) is 0 Å². The van der Waals surface area contributed by atoms with Gasteiger partial charge in [-0.05, 0) is 56.2 Å². The summed E-state index contributed by atoms with van der Waals surface area (Å²) >= 11 is 0. The predicted octanol–water partition coefficient (Wildman–Crippen LogP) is 4.39. The van der Waals surface area contributed by atoms with Crippen LogP contribution in [0.5, 0.6) is 0 Å². The standard InChI is InChI=1S/C23H28FN3O2/c1-17-5-9-20(10-6-17)27-23(14-3-2-4-15-23)22(29)25-16-13-21(28)26-19-11-7-18(24)8-12-19/h5-12,27H,2-4,13-16H2,1H3,(H,25,29)(H,26,28). The molecule has 1 aliphatic rings. The third kappa shape index (κ3) is 5.79. The van der Waals surface area contributed by atoms with Crippen LogP contribution in [-0.2, 0) is 9.59 Å². The van der Waals surface area contributed by atoms with Crippen molar-refractivity contribution in [3.63, 3.8) is 0 Å². The van der Waals surface area contributed by atoms with Crippen LogP contribution in [0.15, 0.2) is 48.5 Å². The van der Waals surface area contributed by atoms with Crippen molar-refractivity contribution in [1.29, 1.82) is 0 Å². The van der Waals surface area contributed by atoms with Gasteiger partial charge in [-0.3, -0.25) is 9.59 Å². The third-order valence-corrected chi connectivity index (χ3v) is 5.34. The number of carbonyl (C=O) groups is 2. The lowest BCUT2D eigenvalue weighted by Gasteiger charge is -2.37. The van der Waals surface area contributed by atoms with Crippen molar-refractivity contribution >= 4 is 23.2 Å². The van der Waals surface area contributed by atoms with Gasteiger partial charge in [0.2, 0.25) is 11.8 Å². The van der Waals surface area contributed by atoms with Crippen LogP contribution < -0.4 is 16.0 Å². The fourth-order valence-electron chi connectivity index (χ4n) is 3.69. The lowest BCUT2D eigenvalue weighted by atomic mass is 9.80. The molecule has 1 saturated carbocycles. The maximum atomic E-state index is 13.0. The van der Waals surface area contributed by atoms with E-state index in [9.17, 15) is 14.0 Å². The van der Waals surface area contributed by atoms with Gasteiger partial charge in [0.15, 0.2) is 0 Å². The Morgan fingerprint density at radius 2 is 1.55 bits per heavy atom. The minimum atomic E-state index is -0.638. The van der Waals surface area contributed by atoms with Gasteiger partial charge in [-0.15, -0.1) is 0 Å². The highest BCUT2D eigenvalue weighted by atomic mass is 19.1. The van der Waals surface area contributed by atoms with Crippen molar-refractivity contribution in [2.24, 2.45) is 0 Å².